The van der Waals surface area contributed by atoms with Gasteiger partial charge in [-0.25, -0.2) is 0 Å². The SMILES string of the molecule is COc1ccc(C(=O)NCN2CCOCC2)cc1OC. The second kappa shape index (κ2) is 7.12. The number of morpholine rings is 1. The van der Waals surface area contributed by atoms with E-state index in [1.807, 2.05) is 0 Å². The van der Waals surface area contributed by atoms with Gasteiger partial charge in [0.15, 0.2) is 11.5 Å². The first-order valence-corrected chi connectivity index (χ1v) is 6.55. The minimum Gasteiger partial charge on any atom is -0.493 e. The number of amides is 1. The second-order valence-corrected chi connectivity index (χ2v) is 4.46. The lowest BCUT2D eigenvalue weighted by Crippen LogP contribution is -2.43. The first-order chi connectivity index (χ1) is 9.74. The number of carbonyl (C=O) groups excluding carboxylic acids is 1. The fourth-order valence-electron chi connectivity index (χ4n) is 2.02. The fraction of sp³-hybridized carbons (Fsp3) is 0.500. The molecule has 0 unspecified atom stereocenters. The summed E-state index contributed by atoms with van der Waals surface area (Å²) in [4.78, 5) is 14.2. The van der Waals surface area contributed by atoms with Crippen molar-refractivity contribution < 1.29 is 19.0 Å². The molecule has 1 fully saturated rings. The van der Waals surface area contributed by atoms with Gasteiger partial charge in [0.1, 0.15) is 0 Å². The van der Waals surface area contributed by atoms with Crippen LogP contribution in [0.3, 0.4) is 0 Å². The molecule has 0 aromatic heterocycles. The lowest BCUT2D eigenvalue weighted by molar-refractivity contribution is 0.0334. The van der Waals surface area contributed by atoms with Gasteiger partial charge in [0.05, 0.1) is 34.1 Å². The first kappa shape index (κ1) is 14.6. The van der Waals surface area contributed by atoms with E-state index in [-0.39, 0.29) is 5.91 Å². The predicted octanol–water partition coefficient (Wildman–Crippen LogP) is 0.723. The quantitative estimate of drug-likeness (QED) is 0.861. The molecule has 1 heterocycles. The number of ether oxygens (including phenoxy) is 3. The van der Waals surface area contributed by atoms with Crippen LogP contribution in [0.25, 0.3) is 0 Å². The van der Waals surface area contributed by atoms with Gasteiger partial charge < -0.3 is 19.5 Å². The van der Waals surface area contributed by atoms with E-state index in [2.05, 4.69) is 10.2 Å². The Balaban J connectivity index is 1.94. The molecular formula is C14H20N2O4. The molecule has 1 aliphatic heterocycles. The summed E-state index contributed by atoms with van der Waals surface area (Å²) in [6, 6.07) is 5.12. The summed E-state index contributed by atoms with van der Waals surface area (Å²) in [6.45, 7) is 3.63. The zero-order valence-corrected chi connectivity index (χ0v) is 11.8. The van der Waals surface area contributed by atoms with Crippen LogP contribution in [0, 0.1) is 0 Å². The number of rotatable bonds is 5. The average molecular weight is 280 g/mol. The third-order valence-corrected chi connectivity index (χ3v) is 3.21. The van der Waals surface area contributed by atoms with Gasteiger partial charge in [-0.2, -0.15) is 0 Å². The number of methoxy groups -OCH3 is 2. The highest BCUT2D eigenvalue weighted by Gasteiger charge is 2.13. The van der Waals surface area contributed by atoms with Crippen molar-refractivity contribution in [2.24, 2.45) is 0 Å². The molecular weight excluding hydrogens is 260 g/mol. The van der Waals surface area contributed by atoms with Crippen molar-refractivity contribution in [2.45, 2.75) is 0 Å². The van der Waals surface area contributed by atoms with Crippen molar-refractivity contribution in [1.82, 2.24) is 10.2 Å². The van der Waals surface area contributed by atoms with Crippen LogP contribution in [-0.2, 0) is 4.74 Å². The molecule has 1 saturated heterocycles. The Morgan fingerprint density at radius 2 is 1.95 bits per heavy atom. The van der Waals surface area contributed by atoms with Gasteiger partial charge in [-0.1, -0.05) is 0 Å². The Morgan fingerprint density at radius 1 is 1.25 bits per heavy atom. The number of carbonyl (C=O) groups is 1. The zero-order valence-electron chi connectivity index (χ0n) is 11.8. The van der Waals surface area contributed by atoms with E-state index in [0.717, 1.165) is 13.1 Å². The van der Waals surface area contributed by atoms with Crippen molar-refractivity contribution in [3.05, 3.63) is 23.8 Å². The second-order valence-electron chi connectivity index (χ2n) is 4.46. The van der Waals surface area contributed by atoms with E-state index in [4.69, 9.17) is 14.2 Å². The molecule has 1 amide bonds. The molecule has 0 atom stereocenters. The third kappa shape index (κ3) is 3.61. The van der Waals surface area contributed by atoms with E-state index in [1.54, 1.807) is 32.4 Å². The number of benzene rings is 1. The first-order valence-electron chi connectivity index (χ1n) is 6.55. The zero-order chi connectivity index (χ0) is 14.4. The lowest BCUT2D eigenvalue weighted by atomic mass is 10.2. The maximum absolute atomic E-state index is 12.1. The van der Waals surface area contributed by atoms with E-state index in [1.165, 1.54) is 0 Å². The normalized spacial score (nSPS) is 15.7. The largest absolute Gasteiger partial charge is 0.493 e. The molecule has 1 N–H and O–H groups in total. The molecule has 1 aliphatic rings. The molecule has 0 radical (unpaired) electrons. The maximum Gasteiger partial charge on any atom is 0.252 e. The number of nitrogens with zero attached hydrogens (tertiary/aromatic N) is 1. The molecule has 20 heavy (non-hydrogen) atoms. The third-order valence-electron chi connectivity index (χ3n) is 3.21. The summed E-state index contributed by atoms with van der Waals surface area (Å²) >= 11 is 0. The van der Waals surface area contributed by atoms with Gasteiger partial charge >= 0.3 is 0 Å². The minimum atomic E-state index is -0.127. The maximum atomic E-state index is 12.1. The predicted molar refractivity (Wildman–Crippen MR) is 74.3 cm³/mol. The highest BCUT2D eigenvalue weighted by atomic mass is 16.5. The van der Waals surface area contributed by atoms with Crippen LogP contribution >= 0.6 is 0 Å². The summed E-state index contributed by atoms with van der Waals surface area (Å²) in [7, 11) is 3.11. The highest BCUT2D eigenvalue weighted by molar-refractivity contribution is 5.94. The Hall–Kier alpha value is -1.79. The van der Waals surface area contributed by atoms with Crippen LogP contribution in [0.15, 0.2) is 18.2 Å². The van der Waals surface area contributed by atoms with Crippen LogP contribution < -0.4 is 14.8 Å². The minimum absolute atomic E-state index is 0.127. The summed E-state index contributed by atoms with van der Waals surface area (Å²) in [5.41, 5.74) is 0.552. The smallest absolute Gasteiger partial charge is 0.252 e. The Morgan fingerprint density at radius 3 is 2.60 bits per heavy atom. The van der Waals surface area contributed by atoms with E-state index in [9.17, 15) is 4.79 Å². The van der Waals surface area contributed by atoms with Gasteiger partial charge in [0.2, 0.25) is 0 Å². The van der Waals surface area contributed by atoms with Crippen LogP contribution in [0.4, 0.5) is 0 Å². The number of nitrogens with one attached hydrogen (secondary N) is 1. The van der Waals surface area contributed by atoms with Crippen molar-refractivity contribution in [3.8, 4) is 11.5 Å². The molecule has 2 rings (SSSR count). The van der Waals surface area contributed by atoms with Crippen molar-refractivity contribution >= 4 is 5.91 Å². The highest BCUT2D eigenvalue weighted by Crippen LogP contribution is 2.27. The van der Waals surface area contributed by atoms with Gasteiger partial charge in [0, 0.05) is 18.7 Å². The standard InChI is InChI=1S/C14H20N2O4/c1-18-12-4-3-11(9-13(12)19-2)14(17)15-10-16-5-7-20-8-6-16/h3-4,9H,5-8,10H2,1-2H3,(H,15,17). The average Bonchev–Trinajstić information content (AvgIpc) is 2.52. The van der Waals surface area contributed by atoms with Gasteiger partial charge in [-0.3, -0.25) is 9.69 Å². The van der Waals surface area contributed by atoms with Gasteiger partial charge in [0.25, 0.3) is 5.91 Å². The summed E-state index contributed by atoms with van der Waals surface area (Å²) in [5.74, 6) is 1.03. The molecule has 1 aromatic carbocycles. The summed E-state index contributed by atoms with van der Waals surface area (Å²) in [5, 5.41) is 2.89. The van der Waals surface area contributed by atoms with Crippen LogP contribution in [0.2, 0.25) is 0 Å². The molecule has 1 aromatic rings. The number of hydrogen-bond acceptors (Lipinski definition) is 5. The molecule has 0 saturated carbocycles. The monoisotopic (exact) mass is 280 g/mol. The molecule has 6 nitrogen and oxygen atoms in total. The lowest BCUT2D eigenvalue weighted by Gasteiger charge is -2.26. The molecule has 6 heteroatoms. The Bertz CT molecular complexity index is 458. The van der Waals surface area contributed by atoms with Gasteiger partial charge in [-0.15, -0.1) is 0 Å². The number of hydrogen-bond donors (Lipinski definition) is 1. The molecule has 110 valence electrons. The van der Waals surface area contributed by atoms with E-state index < -0.39 is 0 Å². The van der Waals surface area contributed by atoms with Crippen LogP contribution in [-0.4, -0.2) is 58.0 Å². The van der Waals surface area contributed by atoms with Crippen LogP contribution in [0.5, 0.6) is 11.5 Å². The van der Waals surface area contributed by atoms with E-state index in [0.29, 0.717) is 36.9 Å². The van der Waals surface area contributed by atoms with Crippen molar-refractivity contribution in [2.75, 3.05) is 47.2 Å². The van der Waals surface area contributed by atoms with Crippen LogP contribution in [0.1, 0.15) is 10.4 Å². The molecule has 0 aliphatic carbocycles. The summed E-state index contributed by atoms with van der Waals surface area (Å²) < 4.78 is 15.6. The van der Waals surface area contributed by atoms with E-state index >= 15 is 0 Å². The molecule has 0 spiro atoms. The van der Waals surface area contributed by atoms with Crippen molar-refractivity contribution in [3.63, 3.8) is 0 Å². The molecule has 0 bridgehead atoms. The summed E-state index contributed by atoms with van der Waals surface area (Å²) in [6.07, 6.45) is 0. The Labute approximate surface area is 118 Å². The Kier molecular flexibility index (Phi) is 5.20. The van der Waals surface area contributed by atoms with Crippen molar-refractivity contribution in [1.29, 1.82) is 0 Å². The fourth-order valence-corrected chi connectivity index (χ4v) is 2.02. The topological polar surface area (TPSA) is 60.0 Å². The van der Waals surface area contributed by atoms with Gasteiger partial charge in [-0.05, 0) is 18.2 Å².